The van der Waals surface area contributed by atoms with Crippen molar-refractivity contribution in [3.8, 4) is 0 Å². The molecule has 0 amide bonds. The van der Waals surface area contributed by atoms with Crippen LogP contribution in [0.15, 0.2) is 18.3 Å². The molecule has 0 unspecified atom stereocenters. The lowest BCUT2D eigenvalue weighted by atomic mass is 10.4. The number of nitrogens with one attached hydrogen (secondary N) is 1. The minimum Gasteiger partial charge on any atom is -0.382 e. The molecule has 0 saturated heterocycles. The molecule has 0 atom stereocenters. The van der Waals surface area contributed by atoms with Gasteiger partial charge in [-0.1, -0.05) is 0 Å². The molecular weight excluding hydrogens is 216 g/mol. The van der Waals surface area contributed by atoms with Crippen LogP contribution in [0.5, 0.6) is 0 Å². The zero-order valence-electron chi connectivity index (χ0n) is 10.5. The average molecular weight is 238 g/mol. The van der Waals surface area contributed by atoms with Crippen LogP contribution in [0.25, 0.3) is 0 Å². The smallest absolute Gasteiger partial charge is 0.0701 e. The van der Waals surface area contributed by atoms with Crippen LogP contribution in [0.4, 0.5) is 0 Å². The maximum absolute atomic E-state index is 5.47. The van der Waals surface area contributed by atoms with Gasteiger partial charge in [0.15, 0.2) is 0 Å². The Bertz CT molecular complexity index is 321. The third-order valence-corrected chi connectivity index (χ3v) is 2.98. The highest BCUT2D eigenvalue weighted by molar-refractivity contribution is 5.07. The Hall–Kier alpha value is -0.840. The topological polar surface area (TPSA) is 35.4 Å². The fourth-order valence-electron chi connectivity index (χ4n) is 1.77. The summed E-state index contributed by atoms with van der Waals surface area (Å²) in [6.07, 6.45) is 4.78. The van der Waals surface area contributed by atoms with Crippen LogP contribution in [0.1, 0.15) is 18.5 Å². The van der Waals surface area contributed by atoms with Crippen molar-refractivity contribution < 1.29 is 9.47 Å². The van der Waals surface area contributed by atoms with Gasteiger partial charge < -0.3 is 19.4 Å². The van der Waals surface area contributed by atoms with Crippen molar-refractivity contribution in [2.45, 2.75) is 32.0 Å². The van der Waals surface area contributed by atoms with Gasteiger partial charge in [0.25, 0.3) is 0 Å². The molecule has 0 bridgehead atoms. The van der Waals surface area contributed by atoms with E-state index in [0.717, 1.165) is 25.7 Å². The summed E-state index contributed by atoms with van der Waals surface area (Å²) in [5, 5.41) is 3.53. The molecule has 1 N–H and O–H groups in total. The summed E-state index contributed by atoms with van der Waals surface area (Å²) < 4.78 is 12.7. The number of nitrogens with zero attached hydrogens (tertiary/aromatic N) is 1. The zero-order chi connectivity index (χ0) is 11.9. The summed E-state index contributed by atoms with van der Waals surface area (Å²) >= 11 is 0. The molecule has 2 rings (SSSR count). The maximum atomic E-state index is 5.47. The predicted octanol–water partition coefficient (Wildman–Crippen LogP) is 1.40. The molecule has 4 heteroatoms. The van der Waals surface area contributed by atoms with Crippen LogP contribution in [-0.4, -0.2) is 37.5 Å². The highest BCUT2D eigenvalue weighted by Crippen LogP contribution is 2.19. The van der Waals surface area contributed by atoms with E-state index in [-0.39, 0.29) is 0 Å². The molecular formula is C13H22N2O2. The number of methoxy groups -OCH3 is 1. The van der Waals surface area contributed by atoms with E-state index in [1.165, 1.54) is 18.5 Å². The van der Waals surface area contributed by atoms with Crippen molar-refractivity contribution in [1.29, 1.82) is 0 Å². The molecule has 0 spiro atoms. The molecule has 1 fully saturated rings. The second-order valence-electron chi connectivity index (χ2n) is 4.45. The molecule has 1 aliphatic carbocycles. The number of hydrogen-bond donors (Lipinski definition) is 1. The van der Waals surface area contributed by atoms with Crippen molar-refractivity contribution in [3.05, 3.63) is 24.0 Å². The summed E-state index contributed by atoms with van der Waals surface area (Å²) in [5.41, 5.74) is 1.34. The molecule has 4 nitrogen and oxygen atoms in total. The van der Waals surface area contributed by atoms with Crippen molar-refractivity contribution in [3.63, 3.8) is 0 Å². The first-order valence-corrected chi connectivity index (χ1v) is 6.34. The van der Waals surface area contributed by atoms with Gasteiger partial charge in [-0.25, -0.2) is 0 Å². The Morgan fingerprint density at radius 1 is 1.35 bits per heavy atom. The lowest BCUT2D eigenvalue weighted by molar-refractivity contribution is 0.0663. The van der Waals surface area contributed by atoms with E-state index in [2.05, 4.69) is 28.2 Å². The third-order valence-electron chi connectivity index (χ3n) is 2.98. The van der Waals surface area contributed by atoms with Gasteiger partial charge in [-0.05, 0) is 25.0 Å². The van der Waals surface area contributed by atoms with Crippen LogP contribution < -0.4 is 5.32 Å². The van der Waals surface area contributed by atoms with Crippen molar-refractivity contribution in [2.75, 3.05) is 26.9 Å². The average Bonchev–Trinajstić information content (AvgIpc) is 3.06. The van der Waals surface area contributed by atoms with Crippen LogP contribution >= 0.6 is 0 Å². The second-order valence-corrected chi connectivity index (χ2v) is 4.45. The molecule has 0 radical (unpaired) electrons. The molecule has 96 valence electrons. The first-order valence-electron chi connectivity index (χ1n) is 6.34. The zero-order valence-corrected chi connectivity index (χ0v) is 10.5. The molecule has 1 aliphatic rings. The summed E-state index contributed by atoms with van der Waals surface area (Å²) in [6, 6.07) is 5.03. The van der Waals surface area contributed by atoms with E-state index in [1.807, 2.05) is 0 Å². The monoisotopic (exact) mass is 238 g/mol. The Morgan fingerprint density at radius 3 is 3.00 bits per heavy atom. The number of rotatable bonds is 9. The predicted molar refractivity (Wildman–Crippen MR) is 67.0 cm³/mol. The second kappa shape index (κ2) is 6.79. The van der Waals surface area contributed by atoms with Crippen molar-refractivity contribution in [1.82, 2.24) is 9.88 Å². The Kier molecular flexibility index (Phi) is 5.04. The summed E-state index contributed by atoms with van der Waals surface area (Å²) in [5.74, 6) is 0. The largest absolute Gasteiger partial charge is 0.382 e. The summed E-state index contributed by atoms with van der Waals surface area (Å²) in [4.78, 5) is 0. The van der Waals surface area contributed by atoms with Crippen molar-refractivity contribution >= 4 is 0 Å². The molecule has 0 aliphatic heterocycles. The van der Waals surface area contributed by atoms with Gasteiger partial charge in [-0.2, -0.15) is 0 Å². The van der Waals surface area contributed by atoms with Crippen LogP contribution in [0.2, 0.25) is 0 Å². The van der Waals surface area contributed by atoms with E-state index < -0.39 is 0 Å². The number of hydrogen-bond acceptors (Lipinski definition) is 3. The molecule has 1 aromatic rings. The summed E-state index contributed by atoms with van der Waals surface area (Å²) in [7, 11) is 1.69. The van der Waals surface area contributed by atoms with Gasteiger partial charge >= 0.3 is 0 Å². The van der Waals surface area contributed by atoms with E-state index in [1.54, 1.807) is 7.11 Å². The van der Waals surface area contributed by atoms with Gasteiger partial charge in [0.05, 0.1) is 19.8 Å². The number of aromatic nitrogens is 1. The van der Waals surface area contributed by atoms with Gasteiger partial charge in [0, 0.05) is 38.1 Å². The van der Waals surface area contributed by atoms with E-state index >= 15 is 0 Å². The first kappa shape index (κ1) is 12.6. The Morgan fingerprint density at radius 2 is 2.24 bits per heavy atom. The van der Waals surface area contributed by atoms with E-state index in [0.29, 0.717) is 13.2 Å². The molecule has 1 heterocycles. The SMILES string of the molecule is COCCOCCn1cccc1CNC1CC1. The van der Waals surface area contributed by atoms with Crippen LogP contribution in [0, 0.1) is 0 Å². The van der Waals surface area contributed by atoms with E-state index in [9.17, 15) is 0 Å². The minimum atomic E-state index is 0.668. The van der Waals surface area contributed by atoms with Gasteiger partial charge in [-0.3, -0.25) is 0 Å². The van der Waals surface area contributed by atoms with Crippen LogP contribution in [-0.2, 0) is 22.6 Å². The van der Waals surface area contributed by atoms with Crippen LogP contribution in [0.3, 0.4) is 0 Å². The lowest BCUT2D eigenvalue weighted by Gasteiger charge is -2.10. The van der Waals surface area contributed by atoms with Gasteiger partial charge in [0.1, 0.15) is 0 Å². The Balaban J connectivity index is 1.66. The Labute approximate surface area is 103 Å². The number of ether oxygens (including phenoxy) is 2. The highest BCUT2D eigenvalue weighted by atomic mass is 16.5. The highest BCUT2D eigenvalue weighted by Gasteiger charge is 2.20. The molecule has 0 aromatic carbocycles. The lowest BCUT2D eigenvalue weighted by Crippen LogP contribution is -2.19. The molecule has 1 aromatic heterocycles. The third kappa shape index (κ3) is 4.50. The van der Waals surface area contributed by atoms with Gasteiger partial charge in [0.2, 0.25) is 0 Å². The standard InChI is InChI=1S/C13H22N2O2/c1-16-9-10-17-8-7-15-6-2-3-13(15)11-14-12-4-5-12/h2-3,6,12,14H,4-5,7-11H2,1H3. The fourth-order valence-corrected chi connectivity index (χ4v) is 1.77. The van der Waals surface area contributed by atoms with E-state index in [4.69, 9.17) is 9.47 Å². The maximum Gasteiger partial charge on any atom is 0.0701 e. The quantitative estimate of drug-likeness (QED) is 0.661. The van der Waals surface area contributed by atoms with Gasteiger partial charge in [-0.15, -0.1) is 0 Å². The molecule has 17 heavy (non-hydrogen) atoms. The minimum absolute atomic E-state index is 0.668. The normalized spacial score (nSPS) is 15.4. The fraction of sp³-hybridized carbons (Fsp3) is 0.692. The first-order chi connectivity index (χ1) is 8.40. The summed E-state index contributed by atoms with van der Waals surface area (Å²) in [6.45, 7) is 3.97. The molecule has 1 saturated carbocycles. The van der Waals surface area contributed by atoms with Crippen molar-refractivity contribution in [2.24, 2.45) is 0 Å².